The van der Waals surface area contributed by atoms with E-state index in [2.05, 4.69) is 17.3 Å². The van der Waals surface area contributed by atoms with Gasteiger partial charge < -0.3 is 15.3 Å². The quantitative estimate of drug-likeness (QED) is 0.671. The van der Waals surface area contributed by atoms with Crippen LogP contribution in [0.15, 0.2) is 0 Å². The fraction of sp³-hybridized carbons (Fsp3) is 1.00. The highest BCUT2D eigenvalue weighted by Gasteiger charge is 2.17. The lowest BCUT2D eigenvalue weighted by atomic mass is 10.1. The first-order chi connectivity index (χ1) is 6.20. The van der Waals surface area contributed by atoms with Crippen LogP contribution in [0.2, 0.25) is 0 Å². The number of rotatable bonds is 3. The fourth-order valence-electron chi connectivity index (χ4n) is 2.01. The summed E-state index contributed by atoms with van der Waals surface area (Å²) < 4.78 is 0. The van der Waals surface area contributed by atoms with E-state index in [0.29, 0.717) is 6.04 Å². The molecule has 2 atom stereocenters. The molecule has 0 radical (unpaired) electrons. The maximum atomic E-state index is 9.27. The SMILES string of the molecule is C[C@H](O)CN(C)C1CCCNCC1. The molecule has 0 aromatic heterocycles. The summed E-state index contributed by atoms with van der Waals surface area (Å²) in [5, 5.41) is 12.7. The molecule has 78 valence electrons. The normalized spacial score (nSPS) is 27.2. The van der Waals surface area contributed by atoms with Crippen LogP contribution in [-0.2, 0) is 0 Å². The number of hydrogen-bond donors (Lipinski definition) is 2. The Hall–Kier alpha value is -0.120. The third kappa shape index (κ3) is 4.07. The molecule has 13 heavy (non-hydrogen) atoms. The highest BCUT2D eigenvalue weighted by molar-refractivity contribution is 4.74. The molecule has 1 aliphatic heterocycles. The Kier molecular flexibility index (Phi) is 4.70. The molecule has 0 bridgehead atoms. The van der Waals surface area contributed by atoms with Crippen molar-refractivity contribution >= 4 is 0 Å². The van der Waals surface area contributed by atoms with Gasteiger partial charge in [0.15, 0.2) is 0 Å². The lowest BCUT2D eigenvalue weighted by Crippen LogP contribution is -2.37. The number of nitrogens with one attached hydrogen (secondary N) is 1. The summed E-state index contributed by atoms with van der Waals surface area (Å²) in [5.74, 6) is 0. The second-order valence-corrected chi connectivity index (χ2v) is 4.12. The molecular weight excluding hydrogens is 164 g/mol. The fourth-order valence-corrected chi connectivity index (χ4v) is 2.01. The van der Waals surface area contributed by atoms with Crippen molar-refractivity contribution in [1.82, 2.24) is 10.2 Å². The molecule has 1 heterocycles. The molecule has 1 fully saturated rings. The van der Waals surface area contributed by atoms with E-state index in [-0.39, 0.29) is 6.10 Å². The summed E-state index contributed by atoms with van der Waals surface area (Å²) in [7, 11) is 2.11. The van der Waals surface area contributed by atoms with Crippen molar-refractivity contribution in [3.8, 4) is 0 Å². The Morgan fingerprint density at radius 2 is 2.23 bits per heavy atom. The number of hydrogen-bond acceptors (Lipinski definition) is 3. The van der Waals surface area contributed by atoms with Gasteiger partial charge in [0.05, 0.1) is 6.10 Å². The zero-order valence-electron chi connectivity index (χ0n) is 8.79. The number of aliphatic hydroxyl groups is 1. The smallest absolute Gasteiger partial charge is 0.0639 e. The molecule has 1 saturated heterocycles. The Morgan fingerprint density at radius 3 is 2.92 bits per heavy atom. The molecule has 2 N–H and O–H groups in total. The lowest BCUT2D eigenvalue weighted by molar-refractivity contribution is 0.112. The maximum Gasteiger partial charge on any atom is 0.0639 e. The summed E-state index contributed by atoms with van der Waals surface area (Å²) in [6.07, 6.45) is 3.52. The van der Waals surface area contributed by atoms with Gasteiger partial charge in [0.25, 0.3) is 0 Å². The van der Waals surface area contributed by atoms with E-state index in [1.54, 1.807) is 0 Å². The van der Waals surface area contributed by atoms with E-state index >= 15 is 0 Å². The average Bonchev–Trinajstić information content (AvgIpc) is 2.29. The molecule has 3 nitrogen and oxygen atoms in total. The second kappa shape index (κ2) is 5.58. The van der Waals surface area contributed by atoms with Gasteiger partial charge in [-0.2, -0.15) is 0 Å². The standard InChI is InChI=1S/C10H22N2O/c1-9(13)8-12(2)10-4-3-6-11-7-5-10/h9-11,13H,3-8H2,1-2H3/t9-,10?/m0/s1. The summed E-state index contributed by atoms with van der Waals surface area (Å²) in [4.78, 5) is 2.29. The van der Waals surface area contributed by atoms with Crippen LogP contribution in [0.5, 0.6) is 0 Å². The molecule has 0 saturated carbocycles. The van der Waals surface area contributed by atoms with Crippen molar-refractivity contribution in [2.75, 3.05) is 26.7 Å². The van der Waals surface area contributed by atoms with E-state index in [1.165, 1.54) is 19.3 Å². The highest BCUT2D eigenvalue weighted by atomic mass is 16.3. The van der Waals surface area contributed by atoms with Crippen LogP contribution >= 0.6 is 0 Å². The Labute approximate surface area is 81.1 Å². The topological polar surface area (TPSA) is 35.5 Å². The maximum absolute atomic E-state index is 9.27. The van der Waals surface area contributed by atoms with E-state index in [1.807, 2.05) is 6.92 Å². The summed E-state index contributed by atoms with van der Waals surface area (Å²) >= 11 is 0. The highest BCUT2D eigenvalue weighted by Crippen LogP contribution is 2.11. The first-order valence-corrected chi connectivity index (χ1v) is 5.29. The lowest BCUT2D eigenvalue weighted by Gasteiger charge is -2.27. The first-order valence-electron chi connectivity index (χ1n) is 5.29. The Morgan fingerprint density at radius 1 is 1.46 bits per heavy atom. The van der Waals surface area contributed by atoms with Crippen LogP contribution < -0.4 is 5.32 Å². The van der Waals surface area contributed by atoms with Gasteiger partial charge in [-0.15, -0.1) is 0 Å². The van der Waals surface area contributed by atoms with Gasteiger partial charge in [0, 0.05) is 12.6 Å². The Balaban J connectivity index is 2.30. The summed E-state index contributed by atoms with van der Waals surface area (Å²) in [6, 6.07) is 0.657. The molecule has 0 aliphatic carbocycles. The molecule has 1 unspecified atom stereocenters. The van der Waals surface area contributed by atoms with Crippen molar-refractivity contribution in [2.45, 2.75) is 38.3 Å². The van der Waals surface area contributed by atoms with E-state index < -0.39 is 0 Å². The van der Waals surface area contributed by atoms with Crippen molar-refractivity contribution in [3.05, 3.63) is 0 Å². The number of aliphatic hydroxyl groups excluding tert-OH is 1. The summed E-state index contributed by atoms with van der Waals surface area (Å²) in [5.41, 5.74) is 0. The number of likely N-dealkylation sites (N-methyl/N-ethyl adjacent to an activating group) is 1. The van der Waals surface area contributed by atoms with Crippen molar-refractivity contribution < 1.29 is 5.11 Å². The zero-order valence-corrected chi connectivity index (χ0v) is 8.79. The van der Waals surface area contributed by atoms with E-state index in [9.17, 15) is 5.11 Å². The van der Waals surface area contributed by atoms with Crippen LogP contribution in [0.1, 0.15) is 26.2 Å². The number of nitrogens with zero attached hydrogens (tertiary/aromatic N) is 1. The van der Waals surface area contributed by atoms with Gasteiger partial charge in [0.1, 0.15) is 0 Å². The van der Waals surface area contributed by atoms with Gasteiger partial charge >= 0.3 is 0 Å². The van der Waals surface area contributed by atoms with Gasteiger partial charge in [-0.25, -0.2) is 0 Å². The first kappa shape index (κ1) is 11.0. The molecule has 3 heteroatoms. The molecular formula is C10H22N2O. The van der Waals surface area contributed by atoms with Crippen LogP contribution in [0, 0.1) is 0 Å². The van der Waals surface area contributed by atoms with Gasteiger partial charge in [-0.05, 0) is 46.3 Å². The molecule has 1 rings (SSSR count). The third-order valence-electron chi connectivity index (χ3n) is 2.72. The van der Waals surface area contributed by atoms with E-state index in [4.69, 9.17) is 0 Å². The summed E-state index contributed by atoms with van der Waals surface area (Å²) in [6.45, 7) is 4.92. The van der Waals surface area contributed by atoms with Crippen LogP contribution in [0.3, 0.4) is 0 Å². The minimum Gasteiger partial charge on any atom is -0.392 e. The molecule has 0 aromatic carbocycles. The minimum atomic E-state index is -0.207. The van der Waals surface area contributed by atoms with E-state index in [0.717, 1.165) is 19.6 Å². The zero-order chi connectivity index (χ0) is 9.68. The molecule has 0 amide bonds. The predicted molar refractivity (Wildman–Crippen MR) is 54.8 cm³/mol. The van der Waals surface area contributed by atoms with Gasteiger partial charge in [-0.1, -0.05) is 0 Å². The van der Waals surface area contributed by atoms with Crippen molar-refractivity contribution in [3.63, 3.8) is 0 Å². The van der Waals surface area contributed by atoms with Crippen LogP contribution in [0.4, 0.5) is 0 Å². The Bertz CT molecular complexity index is 131. The molecule has 0 spiro atoms. The molecule has 0 aromatic rings. The van der Waals surface area contributed by atoms with Crippen molar-refractivity contribution in [1.29, 1.82) is 0 Å². The minimum absolute atomic E-state index is 0.207. The van der Waals surface area contributed by atoms with Gasteiger partial charge in [-0.3, -0.25) is 0 Å². The monoisotopic (exact) mass is 186 g/mol. The predicted octanol–water partition coefficient (Wildman–Crippen LogP) is 0.441. The second-order valence-electron chi connectivity index (χ2n) is 4.12. The third-order valence-corrected chi connectivity index (χ3v) is 2.72. The van der Waals surface area contributed by atoms with Gasteiger partial charge in [0.2, 0.25) is 0 Å². The molecule has 1 aliphatic rings. The van der Waals surface area contributed by atoms with Crippen LogP contribution in [0.25, 0.3) is 0 Å². The average molecular weight is 186 g/mol. The largest absolute Gasteiger partial charge is 0.392 e. The van der Waals surface area contributed by atoms with Crippen LogP contribution in [-0.4, -0.2) is 48.8 Å². The van der Waals surface area contributed by atoms with Crippen molar-refractivity contribution in [2.24, 2.45) is 0 Å².